The first kappa shape index (κ1) is 21.7. The zero-order valence-electron chi connectivity index (χ0n) is 18.9. The molecule has 5 rings (SSSR count). The van der Waals surface area contributed by atoms with Crippen molar-refractivity contribution in [2.24, 2.45) is 28.6 Å². The number of fused-ring (bicyclic) bond motifs is 7. The van der Waals surface area contributed by atoms with Gasteiger partial charge < -0.3 is 19.7 Å². The van der Waals surface area contributed by atoms with Crippen LogP contribution in [-0.2, 0) is 19.1 Å². The highest BCUT2D eigenvalue weighted by molar-refractivity contribution is 5.92. The van der Waals surface area contributed by atoms with Crippen LogP contribution in [0.5, 0.6) is 0 Å². The van der Waals surface area contributed by atoms with E-state index < -0.39 is 30.0 Å². The van der Waals surface area contributed by atoms with Crippen molar-refractivity contribution in [3.05, 3.63) is 11.6 Å². The van der Waals surface area contributed by atoms with Gasteiger partial charge in [0.25, 0.3) is 0 Å². The number of hydrogen-bond acceptors (Lipinski definition) is 6. The smallest absolute Gasteiger partial charge is 0.193 e. The largest absolute Gasteiger partial charge is 0.393 e. The lowest BCUT2D eigenvalue weighted by molar-refractivity contribution is -0.203. The highest BCUT2D eigenvalue weighted by Gasteiger charge is 2.75. The summed E-state index contributed by atoms with van der Waals surface area (Å²) in [7, 11) is 0. The van der Waals surface area contributed by atoms with Crippen molar-refractivity contribution in [3.63, 3.8) is 0 Å². The van der Waals surface area contributed by atoms with Gasteiger partial charge in [-0.25, -0.2) is 0 Å². The van der Waals surface area contributed by atoms with Gasteiger partial charge in [-0.1, -0.05) is 32.8 Å². The molecule has 31 heavy (non-hydrogen) atoms. The summed E-state index contributed by atoms with van der Waals surface area (Å²) in [4.78, 5) is 25.3. The van der Waals surface area contributed by atoms with Crippen molar-refractivity contribution < 1.29 is 29.3 Å². The third kappa shape index (κ3) is 2.71. The normalized spacial score (nSPS) is 50.9. The van der Waals surface area contributed by atoms with E-state index in [2.05, 4.69) is 20.8 Å². The van der Waals surface area contributed by atoms with Gasteiger partial charge in [-0.3, -0.25) is 9.59 Å². The van der Waals surface area contributed by atoms with Gasteiger partial charge in [-0.15, -0.1) is 0 Å². The Balaban J connectivity index is 1.55. The molecular formula is C25H36O6. The second-order valence-corrected chi connectivity index (χ2v) is 11.1. The first-order chi connectivity index (χ1) is 14.7. The standard InChI is InChI=1S/C25H36O6/c1-4-5-21-30-20-11-17-16-7-6-14-10-15(27)8-9-23(14,2)22(16)18(28)12-24(17,3)25(20,31-21)19(29)13-26/h10,16-18,20-22,26,28H,4-9,11-13H2,1-3H3. The predicted octanol–water partition coefficient (Wildman–Crippen LogP) is 2.94. The van der Waals surface area contributed by atoms with Crippen molar-refractivity contribution in [2.75, 3.05) is 6.61 Å². The molecule has 172 valence electrons. The molecule has 6 heteroatoms. The number of ether oxygens (including phenoxy) is 2. The number of carbonyl (C=O) groups is 2. The number of aliphatic hydroxyl groups is 2. The topological polar surface area (TPSA) is 93.1 Å². The van der Waals surface area contributed by atoms with Crippen LogP contribution >= 0.6 is 0 Å². The minimum Gasteiger partial charge on any atom is -0.393 e. The van der Waals surface area contributed by atoms with E-state index in [9.17, 15) is 19.8 Å². The Kier molecular flexibility index (Phi) is 5.06. The van der Waals surface area contributed by atoms with E-state index in [1.807, 2.05) is 6.08 Å². The van der Waals surface area contributed by atoms with Gasteiger partial charge in [0.2, 0.25) is 0 Å². The molecule has 1 aliphatic heterocycles. The summed E-state index contributed by atoms with van der Waals surface area (Å²) < 4.78 is 12.7. The van der Waals surface area contributed by atoms with Crippen LogP contribution in [0.15, 0.2) is 11.6 Å². The molecular weight excluding hydrogens is 396 g/mol. The molecule has 1 saturated heterocycles. The van der Waals surface area contributed by atoms with Crippen molar-refractivity contribution in [1.29, 1.82) is 0 Å². The number of aliphatic hydroxyl groups excluding tert-OH is 2. The molecule has 0 spiro atoms. The quantitative estimate of drug-likeness (QED) is 0.710. The predicted molar refractivity (Wildman–Crippen MR) is 113 cm³/mol. The van der Waals surface area contributed by atoms with Crippen molar-refractivity contribution in [3.8, 4) is 0 Å². The third-order valence-electron chi connectivity index (χ3n) is 9.77. The Hall–Kier alpha value is -1.08. The molecule has 4 aliphatic carbocycles. The number of hydrogen-bond donors (Lipinski definition) is 2. The lowest BCUT2D eigenvalue weighted by Crippen LogP contribution is -2.63. The molecule has 0 amide bonds. The summed E-state index contributed by atoms with van der Waals surface area (Å²) in [5.74, 6) is 0.394. The Bertz CT molecular complexity index is 821. The maximum atomic E-state index is 13.2. The highest BCUT2D eigenvalue weighted by Crippen LogP contribution is 2.70. The van der Waals surface area contributed by atoms with Gasteiger partial charge in [-0.05, 0) is 67.8 Å². The van der Waals surface area contributed by atoms with Crippen molar-refractivity contribution in [1.82, 2.24) is 0 Å². The minimum absolute atomic E-state index is 0.0743. The second kappa shape index (κ2) is 7.21. The molecule has 1 heterocycles. The molecule has 2 N–H and O–H groups in total. The summed E-state index contributed by atoms with van der Waals surface area (Å²) in [6, 6.07) is 0. The van der Waals surface area contributed by atoms with Crippen LogP contribution in [-0.4, -0.2) is 52.5 Å². The molecule has 0 aromatic carbocycles. The molecule has 0 radical (unpaired) electrons. The molecule has 9 unspecified atom stereocenters. The number of rotatable bonds is 4. The molecule has 0 bridgehead atoms. The lowest BCUT2D eigenvalue weighted by Gasteiger charge is -2.60. The molecule has 6 nitrogen and oxygen atoms in total. The molecule has 5 aliphatic rings. The summed E-state index contributed by atoms with van der Waals surface area (Å²) in [5.41, 5.74) is -0.738. The Morgan fingerprint density at radius 1 is 1.29 bits per heavy atom. The van der Waals surface area contributed by atoms with Gasteiger partial charge in [0.05, 0.1) is 12.2 Å². The van der Waals surface area contributed by atoms with E-state index in [-0.39, 0.29) is 40.8 Å². The Morgan fingerprint density at radius 3 is 2.77 bits per heavy atom. The number of ketones is 2. The minimum atomic E-state index is -1.18. The number of Topliss-reactive ketones (excluding diaryl/α,β-unsaturated/α-hetero) is 1. The summed E-state index contributed by atoms with van der Waals surface area (Å²) >= 11 is 0. The van der Waals surface area contributed by atoms with E-state index in [0.717, 1.165) is 32.1 Å². The average molecular weight is 433 g/mol. The fraction of sp³-hybridized carbons (Fsp3) is 0.840. The van der Waals surface area contributed by atoms with Crippen LogP contribution in [0.1, 0.15) is 72.1 Å². The second-order valence-electron chi connectivity index (χ2n) is 11.1. The summed E-state index contributed by atoms with van der Waals surface area (Å²) in [6.07, 6.45) is 6.35. The van der Waals surface area contributed by atoms with E-state index >= 15 is 0 Å². The zero-order chi connectivity index (χ0) is 22.2. The van der Waals surface area contributed by atoms with E-state index in [4.69, 9.17) is 9.47 Å². The van der Waals surface area contributed by atoms with Gasteiger partial charge in [0.15, 0.2) is 23.5 Å². The Labute approximate surface area is 184 Å². The SMILES string of the molecule is CCCC1OC2CC3C4CCC5=CC(=O)CCC5(C)C4C(O)CC3(C)C2(C(=O)CO)O1. The van der Waals surface area contributed by atoms with E-state index in [1.165, 1.54) is 5.57 Å². The van der Waals surface area contributed by atoms with Crippen LogP contribution in [0.3, 0.4) is 0 Å². The van der Waals surface area contributed by atoms with Crippen molar-refractivity contribution in [2.45, 2.75) is 96.2 Å². The number of allylic oxidation sites excluding steroid dienone is 1. The molecule has 0 aromatic rings. The summed E-state index contributed by atoms with van der Waals surface area (Å²) in [5, 5.41) is 21.5. The van der Waals surface area contributed by atoms with Gasteiger partial charge in [-0.2, -0.15) is 0 Å². The molecule has 0 aromatic heterocycles. The fourth-order valence-corrected chi connectivity index (χ4v) is 8.48. The molecule has 3 saturated carbocycles. The average Bonchev–Trinajstić information content (AvgIpc) is 3.20. The zero-order valence-corrected chi connectivity index (χ0v) is 18.9. The van der Waals surface area contributed by atoms with E-state index in [0.29, 0.717) is 19.3 Å². The van der Waals surface area contributed by atoms with Crippen molar-refractivity contribution >= 4 is 11.6 Å². The highest BCUT2D eigenvalue weighted by atomic mass is 16.7. The maximum absolute atomic E-state index is 13.2. The Morgan fingerprint density at radius 2 is 2.06 bits per heavy atom. The third-order valence-corrected chi connectivity index (χ3v) is 9.77. The monoisotopic (exact) mass is 432 g/mol. The fourth-order valence-electron chi connectivity index (χ4n) is 8.48. The summed E-state index contributed by atoms with van der Waals surface area (Å²) in [6.45, 7) is 5.80. The van der Waals surface area contributed by atoms with Gasteiger partial charge >= 0.3 is 0 Å². The van der Waals surface area contributed by atoms with Gasteiger partial charge in [0, 0.05) is 11.8 Å². The maximum Gasteiger partial charge on any atom is 0.193 e. The van der Waals surface area contributed by atoms with Crippen LogP contribution in [0.4, 0.5) is 0 Å². The van der Waals surface area contributed by atoms with E-state index in [1.54, 1.807) is 0 Å². The molecule has 9 atom stereocenters. The first-order valence-corrected chi connectivity index (χ1v) is 12.1. The van der Waals surface area contributed by atoms with Crippen LogP contribution in [0.2, 0.25) is 0 Å². The van der Waals surface area contributed by atoms with Crippen LogP contribution in [0, 0.1) is 28.6 Å². The number of carbonyl (C=O) groups excluding carboxylic acids is 2. The van der Waals surface area contributed by atoms with Crippen LogP contribution < -0.4 is 0 Å². The molecule has 4 fully saturated rings. The first-order valence-electron chi connectivity index (χ1n) is 12.1. The van der Waals surface area contributed by atoms with Crippen LogP contribution in [0.25, 0.3) is 0 Å². The lowest BCUT2D eigenvalue weighted by atomic mass is 9.45. The van der Waals surface area contributed by atoms with Gasteiger partial charge in [0.1, 0.15) is 6.61 Å².